The first-order chi connectivity index (χ1) is 6.80. The van der Waals surface area contributed by atoms with Crippen molar-refractivity contribution in [1.82, 2.24) is 5.43 Å². The third-order valence-electron chi connectivity index (χ3n) is 1.71. The summed E-state index contributed by atoms with van der Waals surface area (Å²) in [6, 6.07) is 8.04. The van der Waals surface area contributed by atoms with Gasteiger partial charge in [-0.25, -0.2) is 5.84 Å². The highest BCUT2D eigenvalue weighted by Crippen LogP contribution is 2.17. The van der Waals surface area contributed by atoms with E-state index in [0.29, 0.717) is 5.96 Å². The highest BCUT2D eigenvalue weighted by atomic mass is 32.2. The van der Waals surface area contributed by atoms with E-state index in [1.807, 2.05) is 30.5 Å². The molecule has 0 amide bonds. The van der Waals surface area contributed by atoms with E-state index in [4.69, 9.17) is 5.84 Å². The monoisotopic (exact) mass is 210 g/mol. The number of benzene rings is 1. The minimum Gasteiger partial charge on any atom is -0.325 e. The lowest BCUT2D eigenvalue weighted by Crippen LogP contribution is -2.35. The Morgan fingerprint density at radius 2 is 2.00 bits per heavy atom. The van der Waals surface area contributed by atoms with Gasteiger partial charge in [-0.1, -0.05) is 0 Å². The van der Waals surface area contributed by atoms with Crippen LogP contribution in [0.25, 0.3) is 0 Å². The molecular weight excluding hydrogens is 196 g/mol. The van der Waals surface area contributed by atoms with Crippen molar-refractivity contribution in [3.63, 3.8) is 0 Å². The van der Waals surface area contributed by atoms with Crippen LogP contribution in [-0.4, -0.2) is 19.3 Å². The minimum atomic E-state index is 0.543. The second kappa shape index (κ2) is 5.51. The normalized spacial score (nSPS) is 11.2. The Kier molecular flexibility index (Phi) is 4.28. The van der Waals surface area contributed by atoms with Gasteiger partial charge in [-0.3, -0.25) is 10.4 Å². The number of anilines is 1. The number of nitrogens with two attached hydrogens (primary N) is 1. The Balaban J connectivity index is 2.68. The Labute approximate surface area is 88.0 Å². The molecule has 0 atom stereocenters. The quantitative estimate of drug-likeness (QED) is 0.226. The van der Waals surface area contributed by atoms with Crippen molar-refractivity contribution in [3.05, 3.63) is 24.3 Å². The Morgan fingerprint density at radius 3 is 2.43 bits per heavy atom. The molecule has 0 heterocycles. The summed E-state index contributed by atoms with van der Waals surface area (Å²) in [4.78, 5) is 5.14. The van der Waals surface area contributed by atoms with Gasteiger partial charge in [0, 0.05) is 17.6 Å². The molecule has 0 unspecified atom stereocenters. The van der Waals surface area contributed by atoms with Gasteiger partial charge in [0.05, 0.1) is 0 Å². The zero-order chi connectivity index (χ0) is 10.4. The summed E-state index contributed by atoms with van der Waals surface area (Å²) in [5, 5.41) is 3.03. The second-order valence-electron chi connectivity index (χ2n) is 2.57. The number of thioether (sulfide) groups is 1. The Hall–Kier alpha value is -1.20. The third-order valence-corrected chi connectivity index (χ3v) is 2.46. The van der Waals surface area contributed by atoms with E-state index in [1.54, 1.807) is 18.8 Å². The fourth-order valence-electron chi connectivity index (χ4n) is 0.968. The van der Waals surface area contributed by atoms with Crippen LogP contribution >= 0.6 is 11.8 Å². The molecule has 14 heavy (non-hydrogen) atoms. The highest BCUT2D eigenvalue weighted by molar-refractivity contribution is 7.98. The third kappa shape index (κ3) is 2.93. The van der Waals surface area contributed by atoms with Crippen molar-refractivity contribution >= 4 is 23.4 Å². The smallest absolute Gasteiger partial charge is 0.209 e. The number of nitrogens with one attached hydrogen (secondary N) is 2. The van der Waals surface area contributed by atoms with Gasteiger partial charge in [-0.2, -0.15) is 0 Å². The molecule has 76 valence electrons. The molecule has 0 aromatic heterocycles. The molecule has 5 heteroatoms. The fraction of sp³-hybridized carbons (Fsp3) is 0.222. The summed E-state index contributed by atoms with van der Waals surface area (Å²) in [5.41, 5.74) is 3.42. The van der Waals surface area contributed by atoms with Crippen molar-refractivity contribution in [2.45, 2.75) is 4.90 Å². The molecule has 0 aliphatic heterocycles. The first kappa shape index (κ1) is 10.9. The van der Waals surface area contributed by atoms with E-state index < -0.39 is 0 Å². The molecule has 0 saturated carbocycles. The van der Waals surface area contributed by atoms with Crippen LogP contribution in [0.3, 0.4) is 0 Å². The van der Waals surface area contributed by atoms with Crippen molar-refractivity contribution in [1.29, 1.82) is 0 Å². The van der Waals surface area contributed by atoms with Crippen LogP contribution in [0.5, 0.6) is 0 Å². The lowest BCUT2D eigenvalue weighted by Gasteiger charge is -2.08. The number of hydrazine groups is 1. The minimum absolute atomic E-state index is 0.543. The molecule has 0 aliphatic rings. The molecule has 0 bridgehead atoms. The van der Waals surface area contributed by atoms with Gasteiger partial charge in [-0.15, -0.1) is 11.8 Å². The molecule has 0 saturated heterocycles. The summed E-state index contributed by atoms with van der Waals surface area (Å²) in [7, 11) is 1.67. The second-order valence-corrected chi connectivity index (χ2v) is 3.45. The number of hydrogen-bond donors (Lipinski definition) is 3. The van der Waals surface area contributed by atoms with E-state index in [-0.39, 0.29) is 0 Å². The van der Waals surface area contributed by atoms with Crippen LogP contribution in [0.15, 0.2) is 34.2 Å². The molecule has 0 aliphatic carbocycles. The lowest BCUT2D eigenvalue weighted by atomic mass is 10.3. The van der Waals surface area contributed by atoms with Crippen molar-refractivity contribution in [2.75, 3.05) is 18.6 Å². The molecule has 0 spiro atoms. The van der Waals surface area contributed by atoms with Gasteiger partial charge < -0.3 is 5.32 Å². The van der Waals surface area contributed by atoms with Gasteiger partial charge in [0.1, 0.15) is 0 Å². The summed E-state index contributed by atoms with van der Waals surface area (Å²) >= 11 is 1.71. The highest BCUT2D eigenvalue weighted by Gasteiger charge is 1.96. The molecule has 1 rings (SSSR count). The molecule has 4 N–H and O–H groups in total. The number of aliphatic imine (C=N–C) groups is 1. The number of nitrogens with zero attached hydrogens (tertiary/aromatic N) is 1. The van der Waals surface area contributed by atoms with Gasteiger partial charge in [0.15, 0.2) is 0 Å². The van der Waals surface area contributed by atoms with E-state index in [0.717, 1.165) is 5.69 Å². The van der Waals surface area contributed by atoms with Crippen molar-refractivity contribution < 1.29 is 0 Å². The van der Waals surface area contributed by atoms with Crippen molar-refractivity contribution in [2.24, 2.45) is 10.8 Å². The van der Waals surface area contributed by atoms with Gasteiger partial charge >= 0.3 is 0 Å². The largest absolute Gasteiger partial charge is 0.325 e. The fourth-order valence-corrected chi connectivity index (χ4v) is 1.38. The van der Waals surface area contributed by atoms with Crippen molar-refractivity contribution in [3.8, 4) is 0 Å². The topological polar surface area (TPSA) is 62.4 Å². The maximum atomic E-state index is 5.24. The summed E-state index contributed by atoms with van der Waals surface area (Å²) in [6.07, 6.45) is 2.04. The predicted octanol–water partition coefficient (Wildman–Crippen LogP) is 1.27. The molecule has 4 nitrogen and oxygen atoms in total. The van der Waals surface area contributed by atoms with E-state index in [2.05, 4.69) is 15.7 Å². The molecule has 1 aromatic carbocycles. The zero-order valence-corrected chi connectivity index (χ0v) is 9.06. The summed E-state index contributed by atoms with van der Waals surface area (Å²) < 4.78 is 0. The first-order valence-electron chi connectivity index (χ1n) is 4.14. The average Bonchev–Trinajstić information content (AvgIpc) is 2.26. The Morgan fingerprint density at radius 1 is 1.36 bits per heavy atom. The molecule has 1 aromatic rings. The predicted molar refractivity (Wildman–Crippen MR) is 62.5 cm³/mol. The zero-order valence-electron chi connectivity index (χ0n) is 8.24. The average molecular weight is 210 g/mol. The van der Waals surface area contributed by atoms with Crippen LogP contribution in [0, 0.1) is 0 Å². The van der Waals surface area contributed by atoms with Crippen LogP contribution in [-0.2, 0) is 0 Å². The molecule has 0 radical (unpaired) electrons. The van der Waals surface area contributed by atoms with Gasteiger partial charge in [0.25, 0.3) is 0 Å². The number of hydrogen-bond acceptors (Lipinski definition) is 3. The summed E-state index contributed by atoms with van der Waals surface area (Å²) in [5.74, 6) is 5.78. The van der Waals surface area contributed by atoms with Gasteiger partial charge in [0.2, 0.25) is 5.96 Å². The molecular formula is C9H14N4S. The molecule has 0 fully saturated rings. The standard InChI is InChI=1S/C9H14N4S/c1-11-9(13-10)12-7-3-5-8(14-2)6-4-7/h3-6H,10H2,1-2H3,(H2,11,12,13). The van der Waals surface area contributed by atoms with Crippen LogP contribution in [0.1, 0.15) is 0 Å². The maximum absolute atomic E-state index is 5.24. The lowest BCUT2D eigenvalue weighted by molar-refractivity contribution is 1.01. The van der Waals surface area contributed by atoms with Gasteiger partial charge in [-0.05, 0) is 30.5 Å². The number of guanidine groups is 1. The Bertz CT molecular complexity index is 307. The first-order valence-corrected chi connectivity index (χ1v) is 5.37. The van der Waals surface area contributed by atoms with Crippen LogP contribution < -0.4 is 16.6 Å². The summed E-state index contributed by atoms with van der Waals surface area (Å²) in [6.45, 7) is 0. The maximum Gasteiger partial charge on any atom is 0.209 e. The van der Waals surface area contributed by atoms with E-state index in [9.17, 15) is 0 Å². The van der Waals surface area contributed by atoms with Crippen LogP contribution in [0.2, 0.25) is 0 Å². The van der Waals surface area contributed by atoms with E-state index >= 15 is 0 Å². The SMILES string of the molecule is CN=C(NN)Nc1ccc(SC)cc1. The van der Waals surface area contributed by atoms with Crippen LogP contribution in [0.4, 0.5) is 5.69 Å². The number of rotatable bonds is 2. The van der Waals surface area contributed by atoms with E-state index in [1.165, 1.54) is 4.90 Å².